The fourth-order valence-corrected chi connectivity index (χ4v) is 2.77. The summed E-state index contributed by atoms with van der Waals surface area (Å²) in [6.07, 6.45) is 12.5. The first-order valence-corrected chi connectivity index (χ1v) is 10.8. The van der Waals surface area contributed by atoms with Gasteiger partial charge in [0.1, 0.15) is 0 Å². The Labute approximate surface area is 110 Å². The maximum Gasteiger partial charge on any atom is 0.241 e. The molecule has 0 aliphatic heterocycles. The van der Waals surface area contributed by atoms with Crippen molar-refractivity contribution in [1.82, 2.24) is 0 Å². The van der Waals surface area contributed by atoms with E-state index in [4.69, 9.17) is 4.43 Å². The summed E-state index contributed by atoms with van der Waals surface area (Å²) in [5.41, 5.74) is 0. The minimum absolute atomic E-state index is 1.14. The Morgan fingerprint density at radius 2 is 1.53 bits per heavy atom. The molecule has 0 aromatic heterocycles. The summed E-state index contributed by atoms with van der Waals surface area (Å²) in [7, 11) is -1.42. The quantitative estimate of drug-likeness (QED) is 0.269. The van der Waals surface area contributed by atoms with Crippen LogP contribution >= 0.6 is 0 Å². The Kier molecular flexibility index (Phi) is 9.61. The highest BCUT2D eigenvalue weighted by Crippen LogP contribution is 2.18. The van der Waals surface area contributed by atoms with Crippen molar-refractivity contribution in [2.24, 2.45) is 0 Å². The molecule has 0 rings (SSSR count). The van der Waals surface area contributed by atoms with Crippen LogP contribution in [0, 0.1) is 0 Å². The molecule has 17 heavy (non-hydrogen) atoms. The van der Waals surface area contributed by atoms with Crippen LogP contribution < -0.4 is 0 Å². The average Bonchev–Trinajstić information content (AvgIpc) is 2.22. The fraction of sp³-hybridized carbons (Fsp3) is 0.867. The summed E-state index contributed by atoms with van der Waals surface area (Å²) < 4.78 is 6.16. The third-order valence-corrected chi connectivity index (χ3v) is 3.52. The Hall–Kier alpha value is -0.243. The molecule has 0 fully saturated rings. The van der Waals surface area contributed by atoms with E-state index in [0.717, 1.165) is 6.42 Å². The van der Waals surface area contributed by atoms with Crippen molar-refractivity contribution in [2.45, 2.75) is 84.9 Å². The highest BCUT2D eigenvalue weighted by molar-refractivity contribution is 6.70. The van der Waals surface area contributed by atoms with Gasteiger partial charge < -0.3 is 4.43 Å². The average molecular weight is 257 g/mol. The van der Waals surface area contributed by atoms with E-state index in [2.05, 4.69) is 39.6 Å². The summed E-state index contributed by atoms with van der Waals surface area (Å²) >= 11 is 0. The molecule has 0 saturated carbocycles. The van der Waals surface area contributed by atoms with Gasteiger partial charge in [0.25, 0.3) is 0 Å². The number of hydrogen-bond donors (Lipinski definition) is 0. The van der Waals surface area contributed by atoms with Gasteiger partial charge in [0.15, 0.2) is 0 Å². The van der Waals surface area contributed by atoms with Gasteiger partial charge in [0.2, 0.25) is 8.32 Å². The Morgan fingerprint density at radius 3 is 2.06 bits per heavy atom. The van der Waals surface area contributed by atoms with Crippen LogP contribution in [0.4, 0.5) is 0 Å². The van der Waals surface area contributed by atoms with Crippen molar-refractivity contribution >= 4 is 8.32 Å². The molecule has 0 bridgehead atoms. The Morgan fingerprint density at radius 1 is 0.941 bits per heavy atom. The molecule has 0 aliphatic carbocycles. The lowest BCUT2D eigenvalue weighted by Crippen LogP contribution is -2.24. The second-order valence-electron chi connectivity index (χ2n) is 5.84. The summed E-state index contributed by atoms with van der Waals surface area (Å²) in [4.78, 5) is 0. The van der Waals surface area contributed by atoms with Gasteiger partial charge in [-0.1, -0.05) is 39.5 Å². The molecule has 0 saturated heterocycles. The van der Waals surface area contributed by atoms with Crippen LogP contribution in [0.25, 0.3) is 0 Å². The van der Waals surface area contributed by atoms with E-state index in [1.54, 1.807) is 0 Å². The molecule has 0 amide bonds. The van der Waals surface area contributed by atoms with E-state index in [0.29, 0.717) is 0 Å². The molecule has 0 unspecified atom stereocenters. The summed E-state index contributed by atoms with van der Waals surface area (Å²) in [5.74, 6) is 1.27. The first kappa shape index (κ1) is 16.8. The summed E-state index contributed by atoms with van der Waals surface area (Å²) in [6.45, 7) is 11.3. The molecule has 0 aromatic rings. The maximum atomic E-state index is 6.16. The van der Waals surface area contributed by atoms with E-state index >= 15 is 0 Å². The third-order valence-electron chi connectivity index (χ3n) is 2.64. The topological polar surface area (TPSA) is 9.23 Å². The van der Waals surface area contributed by atoms with Gasteiger partial charge in [-0.05, 0) is 45.0 Å². The van der Waals surface area contributed by atoms with Crippen LogP contribution in [-0.2, 0) is 4.43 Å². The first-order valence-electron chi connectivity index (χ1n) is 7.37. The molecular weight excluding hydrogens is 224 g/mol. The predicted molar refractivity (Wildman–Crippen MR) is 80.8 cm³/mol. The van der Waals surface area contributed by atoms with Gasteiger partial charge in [-0.25, -0.2) is 0 Å². The number of allylic oxidation sites excluding steroid dienone is 2. The molecule has 0 N–H and O–H groups in total. The second-order valence-corrected chi connectivity index (χ2v) is 10.3. The third kappa shape index (κ3) is 12.0. The molecule has 0 atom stereocenters. The van der Waals surface area contributed by atoms with E-state index in [9.17, 15) is 0 Å². The van der Waals surface area contributed by atoms with Crippen molar-refractivity contribution < 1.29 is 4.43 Å². The first-order chi connectivity index (χ1) is 7.99. The fourth-order valence-electron chi connectivity index (χ4n) is 1.79. The Balaban J connectivity index is 4.09. The van der Waals surface area contributed by atoms with Crippen molar-refractivity contribution in [2.75, 3.05) is 0 Å². The van der Waals surface area contributed by atoms with E-state index in [-0.39, 0.29) is 0 Å². The zero-order chi connectivity index (χ0) is 13.1. The van der Waals surface area contributed by atoms with Crippen molar-refractivity contribution in [3.05, 3.63) is 11.8 Å². The maximum absolute atomic E-state index is 6.16. The number of hydrogen-bond acceptors (Lipinski definition) is 1. The zero-order valence-corrected chi connectivity index (χ0v) is 13.6. The standard InChI is InChI=1S/C15H32OSi/c1-6-8-10-12-14-15(13-11-9-7-2)16-17(3,4)5/h14H,6-13H2,1-5H3. The van der Waals surface area contributed by atoms with Crippen LogP contribution in [0.2, 0.25) is 19.6 Å². The van der Waals surface area contributed by atoms with Gasteiger partial charge in [0.05, 0.1) is 5.76 Å². The summed E-state index contributed by atoms with van der Waals surface area (Å²) in [6, 6.07) is 0. The van der Waals surface area contributed by atoms with Crippen LogP contribution in [0.1, 0.15) is 65.2 Å². The van der Waals surface area contributed by atoms with Crippen molar-refractivity contribution in [1.29, 1.82) is 0 Å². The summed E-state index contributed by atoms with van der Waals surface area (Å²) in [5, 5.41) is 0. The van der Waals surface area contributed by atoms with Gasteiger partial charge in [-0.2, -0.15) is 0 Å². The minimum Gasteiger partial charge on any atom is -0.548 e. The molecule has 0 heterocycles. The molecule has 1 nitrogen and oxygen atoms in total. The smallest absolute Gasteiger partial charge is 0.241 e. The lowest BCUT2D eigenvalue weighted by atomic mass is 10.1. The lowest BCUT2D eigenvalue weighted by Gasteiger charge is -2.22. The molecule has 0 aromatic carbocycles. The van der Waals surface area contributed by atoms with Gasteiger partial charge in [0, 0.05) is 6.42 Å². The second kappa shape index (κ2) is 9.75. The van der Waals surface area contributed by atoms with Crippen LogP contribution in [0.5, 0.6) is 0 Å². The van der Waals surface area contributed by atoms with Crippen molar-refractivity contribution in [3.8, 4) is 0 Å². The van der Waals surface area contributed by atoms with Gasteiger partial charge in [-0.15, -0.1) is 0 Å². The monoisotopic (exact) mass is 256 g/mol. The lowest BCUT2D eigenvalue weighted by molar-refractivity contribution is 0.389. The molecule has 0 spiro atoms. The largest absolute Gasteiger partial charge is 0.548 e. The molecule has 102 valence electrons. The highest BCUT2D eigenvalue weighted by Gasteiger charge is 2.17. The minimum atomic E-state index is -1.42. The van der Waals surface area contributed by atoms with Crippen LogP contribution in [0.15, 0.2) is 11.8 Å². The SMILES string of the molecule is CCCCCC=C(CCCCC)O[Si](C)(C)C. The van der Waals surface area contributed by atoms with Gasteiger partial charge >= 0.3 is 0 Å². The highest BCUT2D eigenvalue weighted by atomic mass is 28.4. The normalized spacial score (nSPS) is 12.9. The van der Waals surface area contributed by atoms with E-state index < -0.39 is 8.32 Å². The van der Waals surface area contributed by atoms with E-state index in [1.165, 1.54) is 50.7 Å². The van der Waals surface area contributed by atoms with Crippen LogP contribution in [-0.4, -0.2) is 8.32 Å². The number of unbranched alkanes of at least 4 members (excludes halogenated alkanes) is 5. The molecule has 2 heteroatoms. The molecular formula is C15H32OSi. The van der Waals surface area contributed by atoms with Crippen molar-refractivity contribution in [3.63, 3.8) is 0 Å². The van der Waals surface area contributed by atoms with Crippen LogP contribution in [0.3, 0.4) is 0 Å². The molecule has 0 radical (unpaired) electrons. The predicted octanol–water partition coefficient (Wildman–Crippen LogP) is 5.88. The zero-order valence-electron chi connectivity index (χ0n) is 12.6. The Bertz CT molecular complexity index is 203. The molecule has 0 aliphatic rings. The number of rotatable bonds is 10. The van der Waals surface area contributed by atoms with Gasteiger partial charge in [-0.3, -0.25) is 0 Å². The van der Waals surface area contributed by atoms with E-state index in [1.807, 2.05) is 0 Å².